The maximum Gasteiger partial charge on any atom is 0.471 e. The van der Waals surface area contributed by atoms with E-state index in [1.807, 2.05) is 32.0 Å². The molecule has 20 heavy (non-hydrogen) atoms. The third-order valence-electron chi connectivity index (χ3n) is 2.78. The van der Waals surface area contributed by atoms with Gasteiger partial charge in [0.25, 0.3) is 0 Å². The molecule has 7 heteroatoms. The number of aryl methyl sites for hydroxylation is 2. The number of benzene rings is 1. The third-order valence-corrected chi connectivity index (χ3v) is 3.54. The first kappa shape index (κ1) is 14.5. The topological polar surface area (TPSA) is 42.0 Å². The Bertz CT molecular complexity index is 649. The van der Waals surface area contributed by atoms with Gasteiger partial charge in [-0.25, -0.2) is 4.98 Å². The van der Waals surface area contributed by atoms with E-state index in [1.54, 1.807) is 10.7 Å². The Morgan fingerprint density at radius 3 is 2.55 bits per heavy atom. The number of alkyl halides is 3. The van der Waals surface area contributed by atoms with E-state index in [2.05, 4.69) is 4.98 Å². The number of amides is 1. The smallest absolute Gasteiger partial charge is 0.294 e. The molecule has 0 aliphatic heterocycles. The normalized spacial score (nSPS) is 11.4. The highest BCUT2D eigenvalue weighted by Gasteiger charge is 2.39. The van der Waals surface area contributed by atoms with E-state index >= 15 is 0 Å². The quantitative estimate of drug-likeness (QED) is 0.913. The summed E-state index contributed by atoms with van der Waals surface area (Å²) in [4.78, 5) is 14.8. The number of halogens is 3. The Morgan fingerprint density at radius 1 is 1.25 bits per heavy atom. The first-order valence-corrected chi connectivity index (χ1v) is 6.56. The summed E-state index contributed by atoms with van der Waals surface area (Å²) in [6.45, 7) is 3.91. The van der Waals surface area contributed by atoms with Gasteiger partial charge in [0.15, 0.2) is 5.13 Å². The fraction of sp³-hybridized carbons (Fsp3) is 0.231. The van der Waals surface area contributed by atoms with Crippen LogP contribution in [0, 0.1) is 13.8 Å². The summed E-state index contributed by atoms with van der Waals surface area (Å²) in [5.41, 5.74) is 3.53. The van der Waals surface area contributed by atoms with Crippen LogP contribution in [-0.2, 0) is 4.79 Å². The third kappa shape index (κ3) is 3.16. The number of hydrogen-bond donors (Lipinski definition) is 1. The second-order valence-corrected chi connectivity index (χ2v) is 5.15. The minimum absolute atomic E-state index is 0.0689. The van der Waals surface area contributed by atoms with Gasteiger partial charge in [-0.1, -0.05) is 12.1 Å². The molecule has 2 aromatic rings. The Hall–Kier alpha value is -1.89. The van der Waals surface area contributed by atoms with E-state index in [0.29, 0.717) is 5.69 Å². The van der Waals surface area contributed by atoms with Gasteiger partial charge >= 0.3 is 12.1 Å². The lowest BCUT2D eigenvalue weighted by atomic mass is 10.1. The fourth-order valence-corrected chi connectivity index (χ4v) is 2.25. The second kappa shape index (κ2) is 5.24. The molecular weight excluding hydrogens is 289 g/mol. The van der Waals surface area contributed by atoms with Crippen LogP contribution in [-0.4, -0.2) is 17.1 Å². The maximum absolute atomic E-state index is 12.1. The van der Waals surface area contributed by atoms with Crippen LogP contribution in [0.25, 0.3) is 11.3 Å². The molecule has 106 valence electrons. The van der Waals surface area contributed by atoms with Gasteiger partial charge in [0, 0.05) is 10.9 Å². The Labute approximate surface area is 117 Å². The van der Waals surface area contributed by atoms with E-state index in [-0.39, 0.29) is 5.13 Å². The zero-order chi connectivity index (χ0) is 14.9. The second-order valence-electron chi connectivity index (χ2n) is 4.29. The minimum Gasteiger partial charge on any atom is -0.294 e. The number of thiazole rings is 1. The summed E-state index contributed by atoms with van der Waals surface area (Å²) in [7, 11) is 0. The van der Waals surface area contributed by atoms with Gasteiger partial charge in [-0.2, -0.15) is 13.2 Å². The first-order valence-electron chi connectivity index (χ1n) is 5.68. The Morgan fingerprint density at radius 2 is 1.95 bits per heavy atom. The van der Waals surface area contributed by atoms with E-state index in [0.717, 1.165) is 28.0 Å². The number of carbonyl (C=O) groups is 1. The van der Waals surface area contributed by atoms with Crippen molar-refractivity contribution in [2.24, 2.45) is 0 Å². The molecule has 1 aromatic carbocycles. The summed E-state index contributed by atoms with van der Waals surface area (Å²) in [5, 5.41) is 3.28. The van der Waals surface area contributed by atoms with Crippen LogP contribution in [0.3, 0.4) is 0 Å². The molecular formula is C13H11F3N2OS. The predicted molar refractivity (Wildman–Crippen MR) is 71.7 cm³/mol. The van der Waals surface area contributed by atoms with Crippen molar-refractivity contribution in [1.82, 2.24) is 4.98 Å². The lowest BCUT2D eigenvalue weighted by Crippen LogP contribution is -2.29. The minimum atomic E-state index is -4.91. The lowest BCUT2D eigenvalue weighted by Gasteiger charge is -2.04. The van der Waals surface area contributed by atoms with Crippen molar-refractivity contribution in [3.05, 3.63) is 34.7 Å². The summed E-state index contributed by atoms with van der Waals surface area (Å²) < 4.78 is 36.4. The van der Waals surface area contributed by atoms with Gasteiger partial charge in [-0.05, 0) is 31.0 Å². The summed E-state index contributed by atoms with van der Waals surface area (Å²) in [6, 6.07) is 5.66. The van der Waals surface area contributed by atoms with E-state index in [9.17, 15) is 18.0 Å². The molecule has 0 bridgehead atoms. The van der Waals surface area contributed by atoms with Crippen molar-refractivity contribution in [3.8, 4) is 11.3 Å². The van der Waals surface area contributed by atoms with E-state index in [4.69, 9.17) is 0 Å². The standard InChI is InChI=1S/C13H11F3N2OS/c1-7-3-4-9(5-8(7)2)10-6-20-12(17-10)18-11(19)13(14,15)16/h3-6H,1-2H3,(H,17,18,19). The van der Waals surface area contributed by atoms with Crippen molar-refractivity contribution in [2.75, 3.05) is 5.32 Å². The highest BCUT2D eigenvalue weighted by molar-refractivity contribution is 7.14. The number of nitrogens with zero attached hydrogens (tertiary/aromatic N) is 1. The first-order chi connectivity index (χ1) is 9.27. The molecule has 1 aromatic heterocycles. The van der Waals surface area contributed by atoms with Crippen LogP contribution in [0.5, 0.6) is 0 Å². The van der Waals surface area contributed by atoms with Crippen LogP contribution in [0.4, 0.5) is 18.3 Å². The predicted octanol–water partition coefficient (Wildman–Crippen LogP) is 3.93. The molecule has 0 aliphatic carbocycles. The van der Waals surface area contributed by atoms with Gasteiger partial charge in [0.05, 0.1) is 5.69 Å². The van der Waals surface area contributed by atoms with E-state index < -0.39 is 12.1 Å². The molecule has 2 rings (SSSR count). The Balaban J connectivity index is 2.21. The van der Waals surface area contributed by atoms with Crippen molar-refractivity contribution < 1.29 is 18.0 Å². The molecule has 0 aliphatic rings. The van der Waals surface area contributed by atoms with Crippen LogP contribution in [0.2, 0.25) is 0 Å². The van der Waals surface area contributed by atoms with Crippen LogP contribution in [0.1, 0.15) is 11.1 Å². The molecule has 0 saturated carbocycles. The fourth-order valence-electron chi connectivity index (χ4n) is 1.53. The molecule has 0 atom stereocenters. The number of aromatic nitrogens is 1. The average Bonchev–Trinajstić information content (AvgIpc) is 2.80. The highest BCUT2D eigenvalue weighted by atomic mass is 32.1. The summed E-state index contributed by atoms with van der Waals surface area (Å²) >= 11 is 0.956. The summed E-state index contributed by atoms with van der Waals surface area (Å²) in [5.74, 6) is -2.02. The van der Waals surface area contributed by atoms with Crippen molar-refractivity contribution >= 4 is 22.4 Å². The van der Waals surface area contributed by atoms with Gasteiger partial charge in [0.2, 0.25) is 0 Å². The zero-order valence-corrected chi connectivity index (χ0v) is 11.5. The van der Waals surface area contributed by atoms with Crippen molar-refractivity contribution in [1.29, 1.82) is 0 Å². The molecule has 1 amide bonds. The number of hydrogen-bond acceptors (Lipinski definition) is 3. The number of nitrogens with one attached hydrogen (secondary N) is 1. The number of rotatable bonds is 2. The van der Waals surface area contributed by atoms with E-state index in [1.165, 1.54) is 0 Å². The van der Waals surface area contributed by atoms with Crippen LogP contribution < -0.4 is 5.32 Å². The Kier molecular flexibility index (Phi) is 3.80. The van der Waals surface area contributed by atoms with Gasteiger partial charge in [0.1, 0.15) is 0 Å². The monoisotopic (exact) mass is 300 g/mol. The van der Waals surface area contributed by atoms with Gasteiger partial charge in [-0.3, -0.25) is 10.1 Å². The molecule has 0 spiro atoms. The highest BCUT2D eigenvalue weighted by Crippen LogP contribution is 2.27. The average molecular weight is 300 g/mol. The van der Waals surface area contributed by atoms with Gasteiger partial charge < -0.3 is 0 Å². The largest absolute Gasteiger partial charge is 0.471 e. The molecule has 1 heterocycles. The molecule has 0 fully saturated rings. The molecule has 0 unspecified atom stereocenters. The molecule has 0 saturated heterocycles. The maximum atomic E-state index is 12.1. The molecule has 0 radical (unpaired) electrons. The van der Waals surface area contributed by atoms with Crippen molar-refractivity contribution in [3.63, 3.8) is 0 Å². The van der Waals surface area contributed by atoms with Crippen LogP contribution >= 0.6 is 11.3 Å². The SMILES string of the molecule is Cc1ccc(-c2csc(NC(=O)C(F)(F)F)n2)cc1C. The number of anilines is 1. The molecule has 3 nitrogen and oxygen atoms in total. The summed E-state index contributed by atoms with van der Waals surface area (Å²) in [6.07, 6.45) is -4.91. The lowest BCUT2D eigenvalue weighted by molar-refractivity contribution is -0.167. The van der Waals surface area contributed by atoms with Crippen LogP contribution in [0.15, 0.2) is 23.6 Å². The number of carbonyl (C=O) groups excluding carboxylic acids is 1. The van der Waals surface area contributed by atoms with Gasteiger partial charge in [-0.15, -0.1) is 11.3 Å². The molecule has 1 N–H and O–H groups in total. The zero-order valence-electron chi connectivity index (χ0n) is 10.7. The van der Waals surface area contributed by atoms with Crippen molar-refractivity contribution in [2.45, 2.75) is 20.0 Å².